The minimum Gasteiger partial charge on any atom is -0.462 e. The number of nitrogens with one attached hydrogen (secondary N) is 2. The van der Waals surface area contributed by atoms with Crippen molar-refractivity contribution in [2.24, 2.45) is 5.92 Å². The van der Waals surface area contributed by atoms with Gasteiger partial charge in [0.15, 0.2) is 0 Å². The lowest BCUT2D eigenvalue weighted by atomic mass is 9.97. The molecule has 1 saturated heterocycles. The second-order valence-corrected chi connectivity index (χ2v) is 10.6. The molecule has 33 heavy (non-hydrogen) atoms. The summed E-state index contributed by atoms with van der Waals surface area (Å²) >= 11 is 0. The maximum Gasteiger partial charge on any atom is 0.341 e. The fourth-order valence-electron chi connectivity index (χ4n) is 4.21. The van der Waals surface area contributed by atoms with Gasteiger partial charge in [0.05, 0.1) is 6.61 Å². The van der Waals surface area contributed by atoms with E-state index in [2.05, 4.69) is 24.1 Å². The third-order valence-electron chi connectivity index (χ3n) is 6.06. The molecule has 1 aliphatic rings. The van der Waals surface area contributed by atoms with E-state index in [9.17, 15) is 18.0 Å². The Labute approximate surface area is 195 Å². The SMILES string of the molecule is CCOC(=O)c1c(C)[nH]c(C)c1S(=O)(=O)N1CCC(C(=O)Nc2ccc(C(C)C)cc2)CC1. The van der Waals surface area contributed by atoms with Gasteiger partial charge >= 0.3 is 5.97 Å². The Balaban J connectivity index is 1.69. The molecule has 0 unspecified atom stereocenters. The van der Waals surface area contributed by atoms with E-state index in [1.165, 1.54) is 9.87 Å². The minimum atomic E-state index is -3.92. The van der Waals surface area contributed by atoms with Gasteiger partial charge in [-0.25, -0.2) is 13.2 Å². The van der Waals surface area contributed by atoms with Crippen molar-refractivity contribution >= 4 is 27.6 Å². The zero-order valence-corrected chi connectivity index (χ0v) is 20.7. The number of sulfonamides is 1. The quantitative estimate of drug-likeness (QED) is 0.589. The van der Waals surface area contributed by atoms with Crippen LogP contribution in [0.2, 0.25) is 0 Å². The first kappa shape index (κ1) is 25.0. The van der Waals surface area contributed by atoms with E-state index >= 15 is 0 Å². The zero-order valence-electron chi connectivity index (χ0n) is 19.9. The third-order valence-corrected chi connectivity index (χ3v) is 8.14. The summed E-state index contributed by atoms with van der Waals surface area (Å²) in [5, 5.41) is 2.94. The van der Waals surface area contributed by atoms with Gasteiger partial charge in [0, 0.05) is 36.1 Å². The highest BCUT2D eigenvalue weighted by molar-refractivity contribution is 7.89. The fraction of sp³-hybridized carbons (Fsp3) is 0.500. The van der Waals surface area contributed by atoms with Crippen LogP contribution in [0.15, 0.2) is 29.2 Å². The van der Waals surface area contributed by atoms with Crippen LogP contribution in [0, 0.1) is 19.8 Å². The van der Waals surface area contributed by atoms with Gasteiger partial charge in [-0.3, -0.25) is 4.79 Å². The number of hydrogen-bond donors (Lipinski definition) is 2. The number of aromatic nitrogens is 1. The number of amides is 1. The van der Waals surface area contributed by atoms with E-state index in [0.717, 1.165) is 5.69 Å². The van der Waals surface area contributed by atoms with Crippen molar-refractivity contribution in [1.82, 2.24) is 9.29 Å². The maximum atomic E-state index is 13.4. The van der Waals surface area contributed by atoms with Gasteiger partial charge in [-0.05, 0) is 57.2 Å². The van der Waals surface area contributed by atoms with Crippen LogP contribution in [-0.4, -0.2) is 49.3 Å². The molecule has 0 aliphatic carbocycles. The van der Waals surface area contributed by atoms with Gasteiger partial charge in [0.25, 0.3) is 0 Å². The summed E-state index contributed by atoms with van der Waals surface area (Å²) in [5.41, 5.74) is 2.85. The molecular formula is C24H33N3O5S. The van der Waals surface area contributed by atoms with E-state index in [4.69, 9.17) is 4.74 Å². The van der Waals surface area contributed by atoms with Gasteiger partial charge in [0.2, 0.25) is 15.9 Å². The number of ether oxygens (including phenoxy) is 1. The van der Waals surface area contributed by atoms with Crippen LogP contribution in [0.1, 0.15) is 66.8 Å². The van der Waals surface area contributed by atoms with Crippen LogP contribution in [-0.2, 0) is 19.6 Å². The Bertz CT molecular complexity index is 1110. The summed E-state index contributed by atoms with van der Waals surface area (Å²) in [6.07, 6.45) is 0.818. The average Bonchev–Trinajstić information content (AvgIpc) is 3.08. The third kappa shape index (κ3) is 5.30. The topological polar surface area (TPSA) is 109 Å². The maximum absolute atomic E-state index is 13.4. The summed E-state index contributed by atoms with van der Waals surface area (Å²) in [6, 6.07) is 7.77. The molecule has 0 bridgehead atoms. The lowest BCUT2D eigenvalue weighted by molar-refractivity contribution is -0.120. The van der Waals surface area contributed by atoms with E-state index < -0.39 is 16.0 Å². The Morgan fingerprint density at radius 3 is 2.27 bits per heavy atom. The van der Waals surface area contributed by atoms with Gasteiger partial charge < -0.3 is 15.0 Å². The van der Waals surface area contributed by atoms with Crippen molar-refractivity contribution in [1.29, 1.82) is 0 Å². The first-order valence-electron chi connectivity index (χ1n) is 11.3. The Morgan fingerprint density at radius 1 is 1.12 bits per heavy atom. The average molecular weight is 476 g/mol. The summed E-state index contributed by atoms with van der Waals surface area (Å²) < 4.78 is 33.2. The van der Waals surface area contributed by atoms with E-state index in [-0.39, 0.29) is 42.0 Å². The zero-order chi connectivity index (χ0) is 24.3. The van der Waals surface area contributed by atoms with Gasteiger partial charge in [0.1, 0.15) is 10.5 Å². The van der Waals surface area contributed by atoms with Crippen molar-refractivity contribution in [2.75, 3.05) is 25.0 Å². The van der Waals surface area contributed by atoms with Gasteiger partial charge in [-0.2, -0.15) is 4.31 Å². The molecule has 0 spiro atoms. The molecule has 2 aromatic rings. The molecular weight excluding hydrogens is 442 g/mol. The molecule has 0 saturated carbocycles. The molecule has 1 aromatic carbocycles. The van der Waals surface area contributed by atoms with E-state index in [1.54, 1.807) is 20.8 Å². The van der Waals surface area contributed by atoms with Gasteiger partial charge in [-0.15, -0.1) is 0 Å². The number of anilines is 1. The molecule has 180 valence electrons. The molecule has 2 N–H and O–H groups in total. The number of aromatic amines is 1. The minimum absolute atomic E-state index is 0.0356. The highest BCUT2D eigenvalue weighted by atomic mass is 32.2. The summed E-state index contributed by atoms with van der Waals surface area (Å²) in [5.74, 6) is -0.626. The smallest absolute Gasteiger partial charge is 0.341 e. The van der Waals surface area contributed by atoms with Crippen LogP contribution in [0.3, 0.4) is 0 Å². The predicted molar refractivity (Wildman–Crippen MR) is 127 cm³/mol. The molecule has 8 nitrogen and oxygen atoms in total. The summed E-state index contributed by atoms with van der Waals surface area (Å²) in [4.78, 5) is 28.1. The van der Waals surface area contributed by atoms with Crippen molar-refractivity contribution < 1.29 is 22.7 Å². The van der Waals surface area contributed by atoms with Crippen molar-refractivity contribution in [3.05, 3.63) is 46.8 Å². The number of carbonyl (C=O) groups excluding carboxylic acids is 2. The first-order valence-corrected chi connectivity index (χ1v) is 12.8. The number of benzene rings is 1. The van der Waals surface area contributed by atoms with Crippen LogP contribution in [0.25, 0.3) is 0 Å². The number of hydrogen-bond acceptors (Lipinski definition) is 5. The summed E-state index contributed by atoms with van der Waals surface area (Å²) in [6.45, 7) is 9.76. The highest BCUT2D eigenvalue weighted by Gasteiger charge is 2.37. The Kier molecular flexibility index (Phi) is 7.64. The second kappa shape index (κ2) is 10.1. The van der Waals surface area contributed by atoms with Crippen LogP contribution < -0.4 is 5.32 Å². The molecule has 3 rings (SSSR count). The number of piperidine rings is 1. The highest BCUT2D eigenvalue weighted by Crippen LogP contribution is 2.31. The number of nitrogens with zero attached hydrogens (tertiary/aromatic N) is 1. The van der Waals surface area contributed by atoms with Gasteiger partial charge in [-0.1, -0.05) is 26.0 Å². The molecule has 0 radical (unpaired) electrons. The number of rotatable bonds is 7. The Morgan fingerprint density at radius 2 is 1.73 bits per heavy atom. The molecule has 1 aromatic heterocycles. The monoisotopic (exact) mass is 475 g/mol. The lowest BCUT2D eigenvalue weighted by Gasteiger charge is -2.30. The largest absolute Gasteiger partial charge is 0.462 e. The second-order valence-electron chi connectivity index (χ2n) is 8.74. The fourth-order valence-corrected chi connectivity index (χ4v) is 6.10. The standard InChI is InChI=1S/C24H33N3O5S/c1-6-32-24(29)21-16(4)25-17(5)22(21)33(30,31)27-13-11-19(12-14-27)23(28)26-20-9-7-18(8-10-20)15(2)3/h7-10,15,19,25H,6,11-14H2,1-5H3,(H,26,28). The first-order chi connectivity index (χ1) is 15.6. The number of H-pyrrole nitrogens is 1. The molecule has 1 aliphatic heterocycles. The number of carbonyl (C=O) groups is 2. The van der Waals surface area contributed by atoms with Crippen LogP contribution in [0.4, 0.5) is 5.69 Å². The van der Waals surface area contributed by atoms with Crippen molar-refractivity contribution in [3.8, 4) is 0 Å². The molecule has 1 amide bonds. The number of aryl methyl sites for hydroxylation is 2. The van der Waals surface area contributed by atoms with Crippen molar-refractivity contribution in [2.45, 2.75) is 58.3 Å². The van der Waals surface area contributed by atoms with E-state index in [0.29, 0.717) is 30.1 Å². The summed E-state index contributed by atoms with van der Waals surface area (Å²) in [7, 11) is -3.92. The van der Waals surface area contributed by atoms with Crippen LogP contribution >= 0.6 is 0 Å². The number of esters is 1. The molecule has 0 atom stereocenters. The predicted octanol–water partition coefficient (Wildman–Crippen LogP) is 3.97. The molecule has 1 fully saturated rings. The van der Waals surface area contributed by atoms with Crippen LogP contribution in [0.5, 0.6) is 0 Å². The normalized spacial score (nSPS) is 15.6. The molecule has 2 heterocycles. The lowest BCUT2D eigenvalue weighted by Crippen LogP contribution is -2.41. The van der Waals surface area contributed by atoms with E-state index in [1.807, 2.05) is 24.3 Å². The van der Waals surface area contributed by atoms with Crippen molar-refractivity contribution in [3.63, 3.8) is 0 Å². The Hall–Kier alpha value is -2.65. The molecule has 9 heteroatoms.